The van der Waals surface area contributed by atoms with Crippen LogP contribution in [0.5, 0.6) is 5.75 Å². The minimum absolute atomic E-state index is 0.00132. The average molecular weight is 489 g/mol. The quantitative estimate of drug-likeness (QED) is 0.612. The van der Waals surface area contributed by atoms with Gasteiger partial charge in [0.2, 0.25) is 5.75 Å². The van der Waals surface area contributed by atoms with Gasteiger partial charge < -0.3 is 19.8 Å². The highest BCUT2D eigenvalue weighted by Crippen LogP contribution is 2.31. The number of aromatic nitrogens is 2. The maximum absolute atomic E-state index is 13.0. The number of methoxy groups -OCH3 is 1. The Morgan fingerprint density at radius 2 is 1.91 bits per heavy atom. The molecule has 0 aliphatic carbocycles. The first-order chi connectivity index (χ1) is 16.5. The number of likely N-dealkylation sites (tertiary alicyclic amines) is 1. The van der Waals surface area contributed by atoms with E-state index in [4.69, 9.17) is 9.47 Å². The van der Waals surface area contributed by atoms with Crippen LogP contribution in [0, 0.1) is 5.82 Å². The molecule has 1 fully saturated rings. The average Bonchev–Trinajstić information content (AvgIpc) is 3.27. The summed E-state index contributed by atoms with van der Waals surface area (Å²) in [5.41, 5.74) is -1.08. The Kier molecular flexibility index (Phi) is 7.88. The Morgan fingerprint density at radius 1 is 1.23 bits per heavy atom. The molecule has 2 heterocycles. The van der Waals surface area contributed by atoms with Crippen molar-refractivity contribution in [3.63, 3.8) is 0 Å². The number of H-pyrrole nitrogens is 1. The fourth-order valence-corrected chi connectivity index (χ4v) is 3.73. The second-order valence-electron chi connectivity index (χ2n) is 9.19. The number of carbonyl (C=O) groups is 3. The summed E-state index contributed by atoms with van der Waals surface area (Å²) in [7, 11) is 1.23. The maximum atomic E-state index is 13.0. The van der Waals surface area contributed by atoms with Gasteiger partial charge >= 0.3 is 6.09 Å². The lowest BCUT2D eigenvalue weighted by atomic mass is 10.1. The molecule has 0 saturated carbocycles. The number of Topliss-reactive ketones (excluding diaryl/α,β-unsaturated/α-hetero) is 1. The van der Waals surface area contributed by atoms with E-state index in [2.05, 4.69) is 15.3 Å². The van der Waals surface area contributed by atoms with E-state index in [0.717, 1.165) is 0 Å². The summed E-state index contributed by atoms with van der Waals surface area (Å²) in [6.07, 6.45) is 0.638. The van der Waals surface area contributed by atoms with Crippen LogP contribution in [0.25, 0.3) is 0 Å². The van der Waals surface area contributed by atoms with E-state index in [-0.39, 0.29) is 36.0 Å². The molecular weight excluding hydrogens is 459 g/mol. The molecule has 0 radical (unpaired) electrons. The first kappa shape index (κ1) is 25.9. The summed E-state index contributed by atoms with van der Waals surface area (Å²) < 4.78 is 23.6. The van der Waals surface area contributed by atoms with Crippen LogP contribution in [-0.2, 0) is 16.0 Å². The molecule has 1 aliphatic heterocycles. The minimum atomic E-state index is -0.775. The topological polar surface area (TPSA) is 131 Å². The van der Waals surface area contributed by atoms with Crippen LogP contribution in [-0.4, -0.2) is 58.5 Å². The van der Waals surface area contributed by atoms with Crippen molar-refractivity contribution in [2.75, 3.05) is 20.2 Å². The number of halogens is 1. The zero-order valence-corrected chi connectivity index (χ0v) is 20.1. The van der Waals surface area contributed by atoms with E-state index < -0.39 is 35.0 Å². The summed E-state index contributed by atoms with van der Waals surface area (Å²) in [5.74, 6) is -1.68. The number of ketones is 1. The predicted molar refractivity (Wildman–Crippen MR) is 124 cm³/mol. The molecule has 0 unspecified atom stereocenters. The second-order valence-corrected chi connectivity index (χ2v) is 9.19. The van der Waals surface area contributed by atoms with Gasteiger partial charge in [-0.25, -0.2) is 14.2 Å². The lowest BCUT2D eigenvalue weighted by Gasteiger charge is -2.28. The molecule has 188 valence electrons. The summed E-state index contributed by atoms with van der Waals surface area (Å²) >= 11 is 0. The van der Waals surface area contributed by atoms with Gasteiger partial charge in [0.25, 0.3) is 11.5 Å². The zero-order valence-electron chi connectivity index (χ0n) is 20.1. The number of hydrogen-bond donors (Lipinski definition) is 2. The van der Waals surface area contributed by atoms with Crippen molar-refractivity contribution >= 4 is 17.8 Å². The Bertz CT molecular complexity index is 1160. The van der Waals surface area contributed by atoms with Crippen LogP contribution in [0.3, 0.4) is 0 Å². The molecule has 1 aromatic carbocycles. The summed E-state index contributed by atoms with van der Waals surface area (Å²) in [6.45, 7) is 5.35. The zero-order chi connectivity index (χ0) is 25.8. The predicted octanol–water partition coefficient (Wildman–Crippen LogP) is 2.53. The van der Waals surface area contributed by atoms with E-state index in [1.807, 2.05) is 0 Å². The molecule has 2 N–H and O–H groups in total. The van der Waals surface area contributed by atoms with Gasteiger partial charge in [-0.05, 0) is 51.3 Å². The van der Waals surface area contributed by atoms with Gasteiger partial charge in [-0.15, -0.1) is 0 Å². The Hall–Kier alpha value is -3.76. The largest absolute Gasteiger partial charge is 0.489 e. The molecule has 2 aromatic rings. The molecule has 3 rings (SSSR count). The van der Waals surface area contributed by atoms with E-state index in [1.54, 1.807) is 20.8 Å². The molecule has 2 amide bonds. The van der Waals surface area contributed by atoms with E-state index in [9.17, 15) is 23.6 Å². The molecule has 0 bridgehead atoms. The number of amides is 2. The Morgan fingerprint density at radius 3 is 2.54 bits per heavy atom. The van der Waals surface area contributed by atoms with Gasteiger partial charge in [0, 0.05) is 13.0 Å². The Labute approximate surface area is 201 Å². The van der Waals surface area contributed by atoms with Crippen LogP contribution in [0.2, 0.25) is 0 Å². The van der Waals surface area contributed by atoms with Crippen molar-refractivity contribution in [2.24, 2.45) is 0 Å². The van der Waals surface area contributed by atoms with Crippen molar-refractivity contribution in [1.82, 2.24) is 20.2 Å². The van der Waals surface area contributed by atoms with Crippen molar-refractivity contribution < 1.29 is 28.2 Å². The number of benzene rings is 1. The highest BCUT2D eigenvalue weighted by molar-refractivity contribution is 5.97. The summed E-state index contributed by atoms with van der Waals surface area (Å²) in [5, 5.41) is 2.45. The number of hydrogen-bond acceptors (Lipinski definition) is 7. The van der Waals surface area contributed by atoms with Gasteiger partial charge in [0.15, 0.2) is 11.5 Å². The highest BCUT2D eigenvalue weighted by atomic mass is 19.1. The van der Waals surface area contributed by atoms with Gasteiger partial charge in [0.1, 0.15) is 17.2 Å². The number of carbonyl (C=O) groups excluding carboxylic acids is 3. The highest BCUT2D eigenvalue weighted by Gasteiger charge is 2.35. The maximum Gasteiger partial charge on any atom is 0.410 e. The molecule has 1 aliphatic rings. The van der Waals surface area contributed by atoms with Gasteiger partial charge in [0.05, 0.1) is 19.7 Å². The van der Waals surface area contributed by atoms with Crippen LogP contribution < -0.4 is 15.6 Å². The third kappa shape index (κ3) is 6.65. The van der Waals surface area contributed by atoms with E-state index >= 15 is 0 Å². The fraction of sp³-hybridized carbons (Fsp3) is 0.458. The van der Waals surface area contributed by atoms with E-state index in [0.29, 0.717) is 24.9 Å². The first-order valence-corrected chi connectivity index (χ1v) is 11.2. The van der Waals surface area contributed by atoms with Crippen molar-refractivity contribution in [3.05, 3.63) is 57.5 Å². The number of nitrogens with zero attached hydrogens (tertiary/aromatic N) is 2. The molecule has 0 spiro atoms. The molecule has 1 saturated heterocycles. The SMILES string of the molecule is COc1c(C(=O)NCC(=O)Cc2ccc(F)cc2)nc([C@@H]2CCCN2C(=O)OC(C)(C)C)[nH]c1=O. The number of rotatable bonds is 7. The lowest BCUT2D eigenvalue weighted by Crippen LogP contribution is -2.38. The van der Waals surface area contributed by atoms with Gasteiger partial charge in [-0.3, -0.25) is 19.3 Å². The standard InChI is InChI=1S/C24H29FN4O6/c1-24(2,3)35-23(33)29-11-5-6-17(29)20-27-18(19(34-4)22(32)28-20)21(31)26-13-16(30)12-14-7-9-15(25)10-8-14/h7-10,17H,5-6,11-13H2,1-4H3,(H,26,31)(H,27,28,32)/t17-/m0/s1. The molecule has 1 atom stereocenters. The molecular formula is C24H29FN4O6. The Balaban J connectivity index is 1.76. The molecule has 35 heavy (non-hydrogen) atoms. The van der Waals surface area contributed by atoms with Crippen molar-refractivity contribution in [1.29, 1.82) is 0 Å². The van der Waals surface area contributed by atoms with Crippen LogP contribution >= 0.6 is 0 Å². The third-order valence-electron chi connectivity index (χ3n) is 5.27. The van der Waals surface area contributed by atoms with Crippen LogP contribution in [0.1, 0.15) is 61.5 Å². The monoisotopic (exact) mass is 488 g/mol. The smallest absolute Gasteiger partial charge is 0.410 e. The van der Waals surface area contributed by atoms with Crippen molar-refractivity contribution in [2.45, 2.75) is 51.7 Å². The molecule has 1 aromatic heterocycles. The number of aromatic amines is 1. The third-order valence-corrected chi connectivity index (χ3v) is 5.27. The number of ether oxygens (including phenoxy) is 2. The lowest BCUT2D eigenvalue weighted by molar-refractivity contribution is -0.117. The second kappa shape index (κ2) is 10.7. The minimum Gasteiger partial charge on any atom is -0.489 e. The molecule has 10 nitrogen and oxygen atoms in total. The van der Waals surface area contributed by atoms with Crippen LogP contribution in [0.4, 0.5) is 9.18 Å². The molecule has 11 heteroatoms. The summed E-state index contributed by atoms with van der Waals surface area (Å²) in [6, 6.07) is 4.88. The first-order valence-electron chi connectivity index (χ1n) is 11.2. The van der Waals surface area contributed by atoms with Crippen LogP contribution in [0.15, 0.2) is 29.1 Å². The fourth-order valence-electron chi connectivity index (χ4n) is 3.73. The van der Waals surface area contributed by atoms with E-state index in [1.165, 1.54) is 36.3 Å². The normalized spacial score (nSPS) is 15.6. The van der Waals surface area contributed by atoms with Crippen molar-refractivity contribution in [3.8, 4) is 5.75 Å². The van der Waals surface area contributed by atoms with Gasteiger partial charge in [-0.1, -0.05) is 12.1 Å². The summed E-state index contributed by atoms with van der Waals surface area (Å²) in [4.78, 5) is 58.7. The number of nitrogens with one attached hydrogen (secondary N) is 2. The van der Waals surface area contributed by atoms with Gasteiger partial charge in [-0.2, -0.15) is 0 Å².